The second-order valence-electron chi connectivity index (χ2n) is 2.37. The molecular formula is C8H7ClF2O. The van der Waals surface area contributed by atoms with E-state index < -0.39 is 17.7 Å². The number of aliphatic hydroxyl groups excluding tert-OH is 1. The zero-order valence-electron chi connectivity index (χ0n) is 6.10. The van der Waals surface area contributed by atoms with E-state index in [4.69, 9.17) is 16.7 Å². The van der Waals surface area contributed by atoms with E-state index in [-0.39, 0.29) is 11.4 Å². The van der Waals surface area contributed by atoms with Gasteiger partial charge in [0.25, 0.3) is 0 Å². The van der Waals surface area contributed by atoms with Crippen LogP contribution >= 0.6 is 11.6 Å². The third-order valence-corrected chi connectivity index (χ3v) is 1.71. The minimum absolute atomic E-state index is 0.0805. The molecule has 0 bridgehead atoms. The highest BCUT2D eigenvalue weighted by atomic mass is 35.5. The molecule has 0 aliphatic heterocycles. The van der Waals surface area contributed by atoms with E-state index >= 15 is 0 Å². The highest BCUT2D eigenvalue weighted by Crippen LogP contribution is 2.16. The maximum Gasteiger partial charge on any atom is 0.126 e. The first kappa shape index (κ1) is 9.42. The van der Waals surface area contributed by atoms with E-state index in [1.54, 1.807) is 0 Å². The normalized spacial score (nSPS) is 13.0. The number of aliphatic hydroxyl groups is 1. The molecule has 1 rings (SSSR count). The molecule has 1 aromatic rings. The predicted octanol–water partition coefficient (Wildman–Crippen LogP) is 2.24. The highest BCUT2D eigenvalue weighted by molar-refractivity contribution is 6.18. The summed E-state index contributed by atoms with van der Waals surface area (Å²) in [5.74, 6) is -1.51. The molecule has 12 heavy (non-hydrogen) atoms. The molecule has 0 spiro atoms. The first-order valence-electron chi connectivity index (χ1n) is 3.33. The second-order valence-corrected chi connectivity index (χ2v) is 2.68. The molecule has 0 saturated heterocycles. The molecule has 1 nitrogen and oxygen atoms in total. The Kier molecular flexibility index (Phi) is 3.00. The van der Waals surface area contributed by atoms with Gasteiger partial charge in [-0.1, -0.05) is 0 Å². The predicted molar refractivity (Wildman–Crippen MR) is 42.0 cm³/mol. The third kappa shape index (κ3) is 2.16. The van der Waals surface area contributed by atoms with E-state index in [9.17, 15) is 8.78 Å². The molecule has 0 radical (unpaired) electrons. The molecule has 66 valence electrons. The van der Waals surface area contributed by atoms with E-state index in [2.05, 4.69) is 0 Å². The van der Waals surface area contributed by atoms with Crippen LogP contribution in [-0.4, -0.2) is 11.0 Å². The lowest BCUT2D eigenvalue weighted by Gasteiger charge is -2.06. The lowest BCUT2D eigenvalue weighted by molar-refractivity contribution is 0.201. The Balaban J connectivity index is 3.00. The van der Waals surface area contributed by atoms with Crippen molar-refractivity contribution in [2.75, 3.05) is 5.88 Å². The van der Waals surface area contributed by atoms with Crippen molar-refractivity contribution >= 4 is 11.6 Å². The Morgan fingerprint density at radius 3 is 2.17 bits per heavy atom. The average molecular weight is 193 g/mol. The summed E-state index contributed by atoms with van der Waals surface area (Å²) in [5.41, 5.74) is 0.155. The fraction of sp³-hybridized carbons (Fsp3) is 0.250. The van der Waals surface area contributed by atoms with Crippen molar-refractivity contribution in [3.63, 3.8) is 0 Å². The van der Waals surface area contributed by atoms with Gasteiger partial charge in [0, 0.05) is 6.07 Å². The van der Waals surface area contributed by atoms with Crippen molar-refractivity contribution in [2.24, 2.45) is 0 Å². The molecule has 1 N–H and O–H groups in total. The van der Waals surface area contributed by atoms with Crippen LogP contribution in [0.4, 0.5) is 8.78 Å². The van der Waals surface area contributed by atoms with Gasteiger partial charge >= 0.3 is 0 Å². The van der Waals surface area contributed by atoms with Crippen LogP contribution in [0.2, 0.25) is 0 Å². The Hall–Kier alpha value is -0.670. The quantitative estimate of drug-likeness (QED) is 0.713. The molecule has 0 aliphatic carbocycles. The van der Waals surface area contributed by atoms with Crippen LogP contribution < -0.4 is 0 Å². The molecule has 1 aromatic carbocycles. The number of alkyl halides is 1. The fourth-order valence-electron chi connectivity index (χ4n) is 0.857. The van der Waals surface area contributed by atoms with Crippen LogP contribution in [0.25, 0.3) is 0 Å². The molecule has 0 unspecified atom stereocenters. The number of hydrogen-bond donors (Lipinski definition) is 1. The fourth-order valence-corrected chi connectivity index (χ4v) is 1.03. The van der Waals surface area contributed by atoms with Crippen LogP contribution in [0.1, 0.15) is 11.7 Å². The first-order chi connectivity index (χ1) is 5.63. The smallest absolute Gasteiger partial charge is 0.126 e. The number of hydrogen-bond acceptors (Lipinski definition) is 1. The van der Waals surface area contributed by atoms with Gasteiger partial charge in [-0.05, 0) is 17.7 Å². The van der Waals surface area contributed by atoms with Gasteiger partial charge in [-0.3, -0.25) is 0 Å². The summed E-state index contributed by atoms with van der Waals surface area (Å²) in [6, 6.07) is 2.84. The SMILES string of the molecule is O[C@@H](CCl)c1cc(F)cc(F)c1. The third-order valence-electron chi connectivity index (χ3n) is 1.42. The first-order valence-corrected chi connectivity index (χ1v) is 3.87. The molecule has 4 heteroatoms. The largest absolute Gasteiger partial charge is 0.387 e. The lowest BCUT2D eigenvalue weighted by atomic mass is 10.1. The molecule has 0 amide bonds. The summed E-state index contributed by atoms with van der Waals surface area (Å²) in [6.07, 6.45) is -1.02. The van der Waals surface area contributed by atoms with Crippen LogP contribution in [-0.2, 0) is 0 Å². The monoisotopic (exact) mass is 192 g/mol. The number of rotatable bonds is 2. The van der Waals surface area contributed by atoms with Crippen molar-refractivity contribution in [1.29, 1.82) is 0 Å². The second kappa shape index (κ2) is 3.83. The van der Waals surface area contributed by atoms with Crippen LogP contribution in [0.3, 0.4) is 0 Å². The Morgan fingerprint density at radius 1 is 1.25 bits per heavy atom. The Bertz CT molecular complexity index is 258. The minimum atomic E-state index is -1.02. The van der Waals surface area contributed by atoms with Crippen molar-refractivity contribution in [3.8, 4) is 0 Å². The number of benzene rings is 1. The summed E-state index contributed by atoms with van der Waals surface area (Å²) in [4.78, 5) is 0. The standard InChI is InChI=1S/C8H7ClF2O/c9-4-8(12)5-1-6(10)3-7(11)2-5/h1-3,8,12H,4H2/t8-/m0/s1. The summed E-state index contributed by atoms with van der Waals surface area (Å²) in [7, 11) is 0. The zero-order chi connectivity index (χ0) is 9.14. The Labute approximate surface area is 73.6 Å². The minimum Gasteiger partial charge on any atom is -0.387 e. The summed E-state index contributed by atoms with van der Waals surface area (Å²) in [5, 5.41) is 9.11. The van der Waals surface area contributed by atoms with Gasteiger partial charge in [0.05, 0.1) is 12.0 Å². The summed E-state index contributed by atoms with van der Waals surface area (Å²) < 4.78 is 25.1. The van der Waals surface area contributed by atoms with Crippen molar-refractivity contribution in [2.45, 2.75) is 6.10 Å². The van der Waals surface area contributed by atoms with Gasteiger partial charge in [0.1, 0.15) is 11.6 Å². The average Bonchev–Trinajstić information content (AvgIpc) is 2.01. The van der Waals surface area contributed by atoms with Gasteiger partial charge in [-0.2, -0.15) is 0 Å². The maximum absolute atomic E-state index is 12.5. The van der Waals surface area contributed by atoms with Crippen molar-refractivity contribution < 1.29 is 13.9 Å². The van der Waals surface area contributed by atoms with E-state index in [0.717, 1.165) is 18.2 Å². The van der Waals surface area contributed by atoms with E-state index in [1.165, 1.54) is 0 Å². The molecule has 0 fully saturated rings. The van der Waals surface area contributed by atoms with Gasteiger partial charge in [-0.15, -0.1) is 11.6 Å². The highest BCUT2D eigenvalue weighted by Gasteiger charge is 2.08. The van der Waals surface area contributed by atoms with Crippen LogP contribution in [0.15, 0.2) is 18.2 Å². The van der Waals surface area contributed by atoms with Crippen molar-refractivity contribution in [3.05, 3.63) is 35.4 Å². The van der Waals surface area contributed by atoms with E-state index in [0.29, 0.717) is 0 Å². The maximum atomic E-state index is 12.5. The molecule has 1 atom stereocenters. The summed E-state index contributed by atoms with van der Waals surface area (Å²) >= 11 is 5.30. The molecule has 0 heterocycles. The van der Waals surface area contributed by atoms with Crippen molar-refractivity contribution in [1.82, 2.24) is 0 Å². The summed E-state index contributed by atoms with van der Waals surface area (Å²) in [6.45, 7) is 0. The van der Waals surface area contributed by atoms with Crippen LogP contribution in [0, 0.1) is 11.6 Å². The molecular weight excluding hydrogens is 186 g/mol. The van der Waals surface area contributed by atoms with Gasteiger partial charge in [-0.25, -0.2) is 8.78 Å². The topological polar surface area (TPSA) is 20.2 Å². The van der Waals surface area contributed by atoms with E-state index in [1.807, 2.05) is 0 Å². The number of halogens is 3. The molecule has 0 aliphatic rings. The van der Waals surface area contributed by atoms with Crippen LogP contribution in [0.5, 0.6) is 0 Å². The van der Waals surface area contributed by atoms with Gasteiger partial charge in [0.15, 0.2) is 0 Å². The molecule has 0 aromatic heterocycles. The van der Waals surface area contributed by atoms with Gasteiger partial charge in [0.2, 0.25) is 0 Å². The zero-order valence-corrected chi connectivity index (χ0v) is 6.85. The lowest BCUT2D eigenvalue weighted by Crippen LogP contribution is -1.99. The Morgan fingerprint density at radius 2 is 1.75 bits per heavy atom. The molecule has 0 saturated carbocycles. The van der Waals surface area contributed by atoms with Gasteiger partial charge < -0.3 is 5.11 Å².